The number of esters is 1. The van der Waals surface area contributed by atoms with E-state index in [9.17, 15) is 14.4 Å². The molecule has 7 heteroatoms. The van der Waals surface area contributed by atoms with Crippen molar-refractivity contribution in [1.29, 1.82) is 0 Å². The molecule has 0 aliphatic rings. The SMILES string of the molecule is COC(=O)C(CC(=O)c1ccc(OC)cc1)c1cc(=O)oc2c(C)c(OC)ccc12. The quantitative estimate of drug-likeness (QED) is 0.333. The van der Waals surface area contributed by atoms with E-state index in [-0.39, 0.29) is 12.2 Å². The third-order valence-corrected chi connectivity index (χ3v) is 5.03. The van der Waals surface area contributed by atoms with Crippen molar-refractivity contribution in [1.82, 2.24) is 0 Å². The van der Waals surface area contributed by atoms with E-state index in [1.54, 1.807) is 43.3 Å². The number of benzene rings is 2. The minimum Gasteiger partial charge on any atom is -0.497 e. The first-order valence-corrected chi connectivity index (χ1v) is 9.26. The van der Waals surface area contributed by atoms with Crippen LogP contribution in [0.1, 0.15) is 33.8 Å². The van der Waals surface area contributed by atoms with Crippen LogP contribution in [0.25, 0.3) is 11.0 Å². The molecular formula is C23H22O7. The van der Waals surface area contributed by atoms with Crippen LogP contribution in [-0.4, -0.2) is 33.1 Å². The molecule has 2 aromatic carbocycles. The number of aryl methyl sites for hydroxylation is 1. The number of carbonyl (C=O) groups is 2. The van der Waals surface area contributed by atoms with Gasteiger partial charge in [-0.15, -0.1) is 0 Å². The molecule has 7 nitrogen and oxygen atoms in total. The number of ketones is 1. The number of hydrogen-bond donors (Lipinski definition) is 0. The summed E-state index contributed by atoms with van der Waals surface area (Å²) in [5.74, 6) is -0.681. The van der Waals surface area contributed by atoms with Crippen LogP contribution >= 0.6 is 0 Å². The van der Waals surface area contributed by atoms with E-state index in [1.807, 2.05) is 0 Å². The normalized spacial score (nSPS) is 11.7. The molecule has 0 spiro atoms. The van der Waals surface area contributed by atoms with Gasteiger partial charge in [-0.3, -0.25) is 9.59 Å². The molecule has 0 aliphatic heterocycles. The molecule has 156 valence electrons. The Morgan fingerprint density at radius 1 is 1.00 bits per heavy atom. The van der Waals surface area contributed by atoms with Crippen LogP contribution in [-0.2, 0) is 9.53 Å². The van der Waals surface area contributed by atoms with Gasteiger partial charge in [0.25, 0.3) is 0 Å². The van der Waals surface area contributed by atoms with E-state index in [2.05, 4.69) is 0 Å². The predicted molar refractivity (Wildman–Crippen MR) is 110 cm³/mol. The Balaban J connectivity index is 2.08. The first kappa shape index (κ1) is 21.1. The van der Waals surface area contributed by atoms with Gasteiger partial charge in [-0.1, -0.05) is 0 Å². The lowest BCUT2D eigenvalue weighted by Crippen LogP contribution is -2.20. The summed E-state index contributed by atoms with van der Waals surface area (Å²) in [4.78, 5) is 37.7. The number of ether oxygens (including phenoxy) is 3. The highest BCUT2D eigenvalue weighted by Gasteiger charge is 2.28. The first-order valence-electron chi connectivity index (χ1n) is 9.26. The Morgan fingerprint density at radius 3 is 2.30 bits per heavy atom. The van der Waals surface area contributed by atoms with Gasteiger partial charge in [-0.25, -0.2) is 4.79 Å². The van der Waals surface area contributed by atoms with Crippen molar-refractivity contribution in [2.75, 3.05) is 21.3 Å². The molecule has 0 fully saturated rings. The van der Waals surface area contributed by atoms with Crippen LogP contribution in [0.2, 0.25) is 0 Å². The Morgan fingerprint density at radius 2 is 1.70 bits per heavy atom. The summed E-state index contributed by atoms with van der Waals surface area (Å²) in [6, 6.07) is 11.3. The summed E-state index contributed by atoms with van der Waals surface area (Å²) < 4.78 is 20.7. The van der Waals surface area contributed by atoms with Crippen LogP contribution in [0.5, 0.6) is 11.5 Å². The number of hydrogen-bond acceptors (Lipinski definition) is 7. The molecule has 0 bridgehead atoms. The highest BCUT2D eigenvalue weighted by atomic mass is 16.5. The van der Waals surface area contributed by atoms with E-state index >= 15 is 0 Å². The fourth-order valence-corrected chi connectivity index (χ4v) is 3.42. The minimum atomic E-state index is -0.969. The van der Waals surface area contributed by atoms with Gasteiger partial charge in [0, 0.05) is 29.0 Å². The zero-order valence-electron chi connectivity index (χ0n) is 17.2. The molecule has 1 unspecified atom stereocenters. The summed E-state index contributed by atoms with van der Waals surface area (Å²) in [5, 5.41) is 0.547. The van der Waals surface area contributed by atoms with Crippen molar-refractivity contribution in [3.8, 4) is 11.5 Å². The van der Waals surface area contributed by atoms with Gasteiger partial charge in [0.2, 0.25) is 0 Å². The Hall–Kier alpha value is -3.61. The largest absolute Gasteiger partial charge is 0.497 e. The fourth-order valence-electron chi connectivity index (χ4n) is 3.42. The predicted octanol–water partition coefficient (Wildman–Crippen LogP) is 3.65. The van der Waals surface area contributed by atoms with Crippen molar-refractivity contribution in [3.05, 3.63) is 69.6 Å². The van der Waals surface area contributed by atoms with Crippen molar-refractivity contribution in [3.63, 3.8) is 0 Å². The topological polar surface area (TPSA) is 92.0 Å². The maximum Gasteiger partial charge on any atom is 0.336 e. The molecule has 1 atom stereocenters. The summed E-state index contributed by atoms with van der Waals surface area (Å²) in [6.07, 6.45) is -0.164. The lowest BCUT2D eigenvalue weighted by molar-refractivity contribution is -0.142. The Kier molecular flexibility index (Phi) is 6.20. The van der Waals surface area contributed by atoms with Gasteiger partial charge in [0.05, 0.1) is 27.2 Å². The number of methoxy groups -OCH3 is 3. The zero-order valence-corrected chi connectivity index (χ0v) is 17.2. The average molecular weight is 410 g/mol. The van der Waals surface area contributed by atoms with Crippen LogP contribution in [0.3, 0.4) is 0 Å². The molecule has 3 aromatic rings. The Bertz CT molecular complexity index is 1140. The molecule has 3 rings (SSSR count). The van der Waals surface area contributed by atoms with Crippen LogP contribution in [0.15, 0.2) is 51.7 Å². The van der Waals surface area contributed by atoms with Gasteiger partial charge in [0.15, 0.2) is 5.78 Å². The molecule has 0 aliphatic carbocycles. The lowest BCUT2D eigenvalue weighted by Gasteiger charge is -2.17. The number of Topliss-reactive ketones (excluding diaryl/α,β-unsaturated/α-hetero) is 1. The summed E-state index contributed by atoms with van der Waals surface area (Å²) in [6.45, 7) is 1.75. The standard InChI is InChI=1S/C23H22O7/c1-13-20(28-3)10-9-16-17(12-21(25)30-22(13)16)18(23(26)29-4)11-19(24)14-5-7-15(27-2)8-6-14/h5-10,12,18H,11H2,1-4H3. The van der Waals surface area contributed by atoms with E-state index in [0.717, 1.165) is 0 Å². The summed E-state index contributed by atoms with van der Waals surface area (Å²) in [7, 11) is 4.29. The molecule has 0 amide bonds. The smallest absolute Gasteiger partial charge is 0.336 e. The lowest BCUT2D eigenvalue weighted by atomic mass is 9.89. The first-order chi connectivity index (χ1) is 14.4. The summed E-state index contributed by atoms with van der Waals surface area (Å²) >= 11 is 0. The molecule has 1 aromatic heterocycles. The third-order valence-electron chi connectivity index (χ3n) is 5.03. The molecule has 0 radical (unpaired) electrons. The highest BCUT2D eigenvalue weighted by molar-refractivity contribution is 6.00. The number of rotatable bonds is 7. The van der Waals surface area contributed by atoms with Crippen molar-refractivity contribution in [2.24, 2.45) is 0 Å². The van der Waals surface area contributed by atoms with Crippen LogP contribution < -0.4 is 15.1 Å². The number of fused-ring (bicyclic) bond motifs is 1. The van der Waals surface area contributed by atoms with Gasteiger partial charge in [0.1, 0.15) is 17.1 Å². The average Bonchev–Trinajstić information content (AvgIpc) is 2.77. The van der Waals surface area contributed by atoms with Crippen molar-refractivity contribution < 1.29 is 28.2 Å². The molecule has 1 heterocycles. The summed E-state index contributed by atoms with van der Waals surface area (Å²) in [5.41, 5.74) is 1.11. The highest BCUT2D eigenvalue weighted by Crippen LogP contribution is 2.33. The van der Waals surface area contributed by atoms with Crippen molar-refractivity contribution in [2.45, 2.75) is 19.3 Å². The maximum absolute atomic E-state index is 12.9. The molecule has 30 heavy (non-hydrogen) atoms. The van der Waals surface area contributed by atoms with E-state index < -0.39 is 17.5 Å². The second-order valence-electron chi connectivity index (χ2n) is 6.72. The van der Waals surface area contributed by atoms with E-state index in [1.165, 1.54) is 27.4 Å². The van der Waals surface area contributed by atoms with Gasteiger partial charge in [-0.05, 0) is 48.9 Å². The third kappa shape index (κ3) is 4.05. The monoisotopic (exact) mass is 410 g/mol. The second-order valence-corrected chi connectivity index (χ2v) is 6.72. The number of carbonyl (C=O) groups excluding carboxylic acids is 2. The fraction of sp³-hybridized carbons (Fsp3) is 0.261. The zero-order chi connectivity index (χ0) is 21.8. The van der Waals surface area contributed by atoms with Crippen molar-refractivity contribution >= 4 is 22.7 Å². The van der Waals surface area contributed by atoms with Gasteiger partial charge in [-0.2, -0.15) is 0 Å². The van der Waals surface area contributed by atoms with Gasteiger partial charge >= 0.3 is 11.6 Å². The molecule has 0 saturated carbocycles. The van der Waals surface area contributed by atoms with E-state index in [0.29, 0.717) is 39.2 Å². The Labute approximate surface area is 173 Å². The maximum atomic E-state index is 12.9. The van der Waals surface area contributed by atoms with E-state index in [4.69, 9.17) is 18.6 Å². The van der Waals surface area contributed by atoms with Crippen LogP contribution in [0.4, 0.5) is 0 Å². The second kappa shape index (κ2) is 8.82. The minimum absolute atomic E-state index is 0.164. The molecule has 0 N–H and O–H groups in total. The molecular weight excluding hydrogens is 388 g/mol. The molecule has 0 saturated heterocycles. The van der Waals surface area contributed by atoms with Gasteiger partial charge < -0.3 is 18.6 Å². The van der Waals surface area contributed by atoms with Crippen LogP contribution in [0, 0.1) is 6.92 Å².